The van der Waals surface area contributed by atoms with Crippen molar-refractivity contribution in [3.8, 4) is 6.07 Å². The van der Waals surface area contributed by atoms with E-state index in [0.29, 0.717) is 13.0 Å². The van der Waals surface area contributed by atoms with Crippen molar-refractivity contribution in [1.29, 1.82) is 5.26 Å². The number of benzene rings is 2. The van der Waals surface area contributed by atoms with Gasteiger partial charge in [-0.05, 0) is 36.1 Å². The SMILES string of the molecule is CN(C(=O)/C=C/c1cn(CCC#N)c2ccccc12)C1CCc2ccccc21. The van der Waals surface area contributed by atoms with Crippen molar-refractivity contribution >= 4 is 22.9 Å². The largest absolute Gasteiger partial charge is 0.346 e. The van der Waals surface area contributed by atoms with Crippen LogP contribution in [0.1, 0.15) is 35.6 Å². The summed E-state index contributed by atoms with van der Waals surface area (Å²) in [6.45, 7) is 0.650. The van der Waals surface area contributed by atoms with E-state index in [1.54, 1.807) is 6.08 Å². The molecule has 2 aromatic carbocycles. The summed E-state index contributed by atoms with van der Waals surface area (Å²) in [6, 6.07) is 18.8. The molecule has 0 bridgehead atoms. The zero-order valence-electron chi connectivity index (χ0n) is 16.0. The first-order valence-corrected chi connectivity index (χ1v) is 9.66. The molecule has 4 nitrogen and oxygen atoms in total. The predicted octanol–water partition coefficient (Wildman–Crippen LogP) is 4.71. The molecule has 1 heterocycles. The molecule has 0 spiro atoms. The molecule has 1 amide bonds. The van der Waals surface area contributed by atoms with Crippen LogP contribution in [0.4, 0.5) is 0 Å². The quantitative estimate of drug-likeness (QED) is 0.611. The molecule has 1 unspecified atom stereocenters. The third-order valence-corrected chi connectivity index (χ3v) is 5.61. The molecule has 1 aliphatic rings. The molecule has 0 N–H and O–H groups in total. The lowest BCUT2D eigenvalue weighted by Crippen LogP contribution is -2.28. The first kappa shape index (κ1) is 18.1. The van der Waals surface area contributed by atoms with Crippen LogP contribution in [-0.2, 0) is 17.8 Å². The van der Waals surface area contributed by atoms with Crippen LogP contribution >= 0.6 is 0 Å². The molecule has 1 aromatic heterocycles. The molecule has 0 saturated carbocycles. The van der Waals surface area contributed by atoms with Gasteiger partial charge in [-0.15, -0.1) is 0 Å². The van der Waals surface area contributed by atoms with Crippen molar-refractivity contribution < 1.29 is 4.79 Å². The number of hydrogen-bond donors (Lipinski definition) is 0. The van der Waals surface area contributed by atoms with E-state index in [2.05, 4.69) is 34.9 Å². The van der Waals surface area contributed by atoms with Crippen LogP contribution in [0.2, 0.25) is 0 Å². The Balaban J connectivity index is 1.56. The van der Waals surface area contributed by atoms with Crippen molar-refractivity contribution in [3.05, 3.63) is 77.5 Å². The lowest BCUT2D eigenvalue weighted by atomic mass is 10.1. The van der Waals surface area contributed by atoms with Gasteiger partial charge in [-0.2, -0.15) is 5.26 Å². The Morgan fingerprint density at radius 3 is 2.89 bits per heavy atom. The van der Waals surface area contributed by atoms with Crippen LogP contribution in [0, 0.1) is 11.3 Å². The first-order valence-electron chi connectivity index (χ1n) is 9.66. The summed E-state index contributed by atoms with van der Waals surface area (Å²) < 4.78 is 2.08. The van der Waals surface area contributed by atoms with Gasteiger partial charge in [0, 0.05) is 42.3 Å². The number of carbonyl (C=O) groups is 1. The molecule has 4 heteroatoms. The number of hydrogen-bond acceptors (Lipinski definition) is 2. The molecule has 4 rings (SSSR count). The maximum atomic E-state index is 12.8. The van der Waals surface area contributed by atoms with Gasteiger partial charge in [-0.25, -0.2) is 0 Å². The van der Waals surface area contributed by atoms with E-state index >= 15 is 0 Å². The van der Waals surface area contributed by atoms with Gasteiger partial charge in [0.1, 0.15) is 0 Å². The molecular formula is C24H23N3O. The zero-order chi connectivity index (χ0) is 19.5. The van der Waals surface area contributed by atoms with Gasteiger partial charge in [-0.1, -0.05) is 42.5 Å². The molecule has 0 fully saturated rings. The van der Waals surface area contributed by atoms with E-state index in [1.165, 1.54) is 11.1 Å². The Bertz CT molecular complexity index is 1090. The topological polar surface area (TPSA) is 49.0 Å². The van der Waals surface area contributed by atoms with Crippen molar-refractivity contribution in [2.75, 3.05) is 7.05 Å². The highest BCUT2D eigenvalue weighted by Crippen LogP contribution is 2.35. The van der Waals surface area contributed by atoms with Gasteiger partial charge in [0.25, 0.3) is 0 Å². The number of carbonyl (C=O) groups excluding carboxylic acids is 1. The second-order valence-electron chi connectivity index (χ2n) is 7.24. The van der Waals surface area contributed by atoms with Crippen molar-refractivity contribution in [2.24, 2.45) is 0 Å². The summed E-state index contributed by atoms with van der Waals surface area (Å²) in [5.41, 5.74) is 4.70. The Morgan fingerprint density at radius 1 is 1.25 bits per heavy atom. The normalized spacial score (nSPS) is 15.6. The van der Waals surface area contributed by atoms with Gasteiger partial charge in [0.2, 0.25) is 5.91 Å². The highest BCUT2D eigenvalue weighted by atomic mass is 16.2. The molecule has 140 valence electrons. The molecule has 1 aliphatic carbocycles. The van der Waals surface area contributed by atoms with Crippen LogP contribution in [-0.4, -0.2) is 22.4 Å². The minimum atomic E-state index is 0.00978. The summed E-state index contributed by atoms with van der Waals surface area (Å²) in [5, 5.41) is 9.99. The number of likely N-dealkylation sites (N-methyl/N-ethyl adjacent to an activating group) is 1. The molecule has 0 saturated heterocycles. The van der Waals surface area contributed by atoms with Gasteiger partial charge >= 0.3 is 0 Å². The number of aromatic nitrogens is 1. The van der Waals surface area contributed by atoms with E-state index in [1.807, 2.05) is 48.5 Å². The number of para-hydroxylation sites is 1. The molecule has 0 aliphatic heterocycles. The van der Waals surface area contributed by atoms with Crippen LogP contribution in [0.3, 0.4) is 0 Å². The lowest BCUT2D eigenvalue weighted by Gasteiger charge is -2.24. The predicted molar refractivity (Wildman–Crippen MR) is 111 cm³/mol. The summed E-state index contributed by atoms with van der Waals surface area (Å²) in [5.74, 6) is 0.00978. The highest BCUT2D eigenvalue weighted by molar-refractivity contribution is 5.96. The van der Waals surface area contributed by atoms with Gasteiger partial charge in [0.15, 0.2) is 0 Å². The first-order chi connectivity index (χ1) is 13.7. The van der Waals surface area contributed by atoms with E-state index in [4.69, 9.17) is 5.26 Å². The van der Waals surface area contributed by atoms with Crippen molar-refractivity contribution in [3.63, 3.8) is 0 Å². The van der Waals surface area contributed by atoms with Crippen LogP contribution in [0.25, 0.3) is 17.0 Å². The standard InChI is InChI=1S/C24H23N3O/c1-26(22-13-11-18-7-2-3-8-20(18)22)24(28)14-12-19-17-27(16-6-15-25)23-10-5-4-9-21(19)23/h2-5,7-10,12,14,17,22H,6,11,13,16H2,1H3/b14-12+. The minimum Gasteiger partial charge on any atom is -0.346 e. The Labute approximate surface area is 165 Å². The fraction of sp³-hybridized carbons (Fsp3) is 0.250. The van der Waals surface area contributed by atoms with Gasteiger partial charge in [-0.3, -0.25) is 4.79 Å². The smallest absolute Gasteiger partial charge is 0.246 e. The summed E-state index contributed by atoms with van der Waals surface area (Å²) in [4.78, 5) is 14.7. The number of amides is 1. The average molecular weight is 369 g/mol. The maximum Gasteiger partial charge on any atom is 0.246 e. The second-order valence-corrected chi connectivity index (χ2v) is 7.24. The van der Waals surface area contributed by atoms with Gasteiger partial charge in [0.05, 0.1) is 18.5 Å². The molecule has 1 atom stereocenters. The fourth-order valence-corrected chi connectivity index (χ4v) is 4.13. The third-order valence-electron chi connectivity index (χ3n) is 5.61. The monoisotopic (exact) mass is 369 g/mol. The average Bonchev–Trinajstić information content (AvgIpc) is 3.31. The summed E-state index contributed by atoms with van der Waals surface area (Å²) in [7, 11) is 1.88. The summed E-state index contributed by atoms with van der Waals surface area (Å²) in [6.07, 6.45) is 8.04. The molecule has 28 heavy (non-hydrogen) atoms. The maximum absolute atomic E-state index is 12.8. The Kier molecular flexibility index (Phi) is 4.99. The highest BCUT2D eigenvalue weighted by Gasteiger charge is 2.27. The zero-order valence-corrected chi connectivity index (χ0v) is 16.0. The minimum absolute atomic E-state index is 0.00978. The number of fused-ring (bicyclic) bond motifs is 2. The van der Waals surface area contributed by atoms with E-state index < -0.39 is 0 Å². The molecular weight excluding hydrogens is 346 g/mol. The van der Waals surface area contributed by atoms with Crippen molar-refractivity contribution in [2.45, 2.75) is 31.8 Å². The summed E-state index contributed by atoms with van der Waals surface area (Å²) >= 11 is 0. The lowest BCUT2D eigenvalue weighted by molar-refractivity contribution is -0.126. The molecule has 3 aromatic rings. The Hall–Kier alpha value is -3.32. The molecule has 0 radical (unpaired) electrons. The number of nitrogens with zero attached hydrogens (tertiary/aromatic N) is 3. The van der Waals surface area contributed by atoms with Crippen LogP contribution in [0.5, 0.6) is 0 Å². The second kappa shape index (κ2) is 7.74. The van der Waals surface area contributed by atoms with Gasteiger partial charge < -0.3 is 9.47 Å². The number of nitriles is 1. The van der Waals surface area contributed by atoms with E-state index in [9.17, 15) is 4.79 Å². The third kappa shape index (κ3) is 3.32. The van der Waals surface area contributed by atoms with Crippen LogP contribution < -0.4 is 0 Å². The Morgan fingerprint density at radius 2 is 2.04 bits per heavy atom. The number of aryl methyl sites for hydroxylation is 2. The van der Waals surface area contributed by atoms with E-state index in [0.717, 1.165) is 29.3 Å². The van der Waals surface area contributed by atoms with E-state index in [-0.39, 0.29) is 11.9 Å². The van der Waals surface area contributed by atoms with Crippen molar-refractivity contribution in [1.82, 2.24) is 9.47 Å². The fourth-order valence-electron chi connectivity index (χ4n) is 4.13. The van der Waals surface area contributed by atoms with Crippen LogP contribution in [0.15, 0.2) is 60.8 Å². The number of rotatable bonds is 5.